The molecule has 2 unspecified atom stereocenters. The first-order valence-electron chi connectivity index (χ1n) is 10.9. The highest BCUT2D eigenvalue weighted by molar-refractivity contribution is 5.95. The molecule has 2 aliphatic rings. The van der Waals surface area contributed by atoms with Crippen molar-refractivity contribution in [3.8, 4) is 0 Å². The maximum Gasteiger partial charge on any atom is 0.0726 e. The van der Waals surface area contributed by atoms with Gasteiger partial charge in [0.1, 0.15) is 0 Å². The van der Waals surface area contributed by atoms with Gasteiger partial charge >= 0.3 is 0 Å². The molecule has 0 N–H and O–H groups in total. The number of para-hydroxylation sites is 1. The van der Waals surface area contributed by atoms with Gasteiger partial charge in [-0.05, 0) is 50.3 Å². The molecule has 2 aromatic rings. The minimum Gasteiger partial charge on any atom is -0.363 e. The van der Waals surface area contributed by atoms with Gasteiger partial charge in [0.15, 0.2) is 0 Å². The van der Waals surface area contributed by atoms with Crippen LogP contribution in [0, 0.1) is 18.3 Å². The molecule has 1 aliphatic heterocycles. The molecule has 1 aromatic heterocycles. The summed E-state index contributed by atoms with van der Waals surface area (Å²) in [4.78, 5) is 7.63. The molecule has 0 saturated carbocycles. The van der Waals surface area contributed by atoms with Crippen molar-refractivity contribution in [3.63, 3.8) is 0 Å². The van der Waals surface area contributed by atoms with E-state index in [1.165, 1.54) is 46.3 Å². The molecule has 1 aliphatic carbocycles. The van der Waals surface area contributed by atoms with Crippen LogP contribution in [0.15, 0.2) is 47.6 Å². The highest BCUT2D eigenvalue weighted by Crippen LogP contribution is 2.50. The summed E-state index contributed by atoms with van der Waals surface area (Å²) in [5.74, 6) is 0.675. The predicted octanol–water partition coefficient (Wildman–Crippen LogP) is 6.62. The lowest BCUT2D eigenvalue weighted by Crippen LogP contribution is -2.51. The van der Waals surface area contributed by atoms with Crippen molar-refractivity contribution in [2.75, 3.05) is 11.4 Å². The Kier molecular flexibility index (Phi) is 4.85. The fourth-order valence-electron chi connectivity index (χ4n) is 6.21. The zero-order valence-electron chi connectivity index (χ0n) is 18.3. The Morgan fingerprint density at radius 2 is 1.86 bits per heavy atom. The van der Waals surface area contributed by atoms with Crippen LogP contribution in [0.25, 0.3) is 10.9 Å². The van der Waals surface area contributed by atoms with E-state index in [9.17, 15) is 0 Å². The molecule has 0 saturated heterocycles. The second kappa shape index (κ2) is 7.06. The van der Waals surface area contributed by atoms with Crippen LogP contribution >= 0.6 is 0 Å². The van der Waals surface area contributed by atoms with Gasteiger partial charge in [-0.2, -0.15) is 0 Å². The molecule has 2 atom stereocenters. The molecule has 28 heavy (non-hydrogen) atoms. The summed E-state index contributed by atoms with van der Waals surface area (Å²) in [6.45, 7) is 15.1. The lowest BCUT2D eigenvalue weighted by atomic mass is 9.63. The smallest absolute Gasteiger partial charge is 0.0726 e. The van der Waals surface area contributed by atoms with Crippen molar-refractivity contribution in [3.05, 3.63) is 58.8 Å². The van der Waals surface area contributed by atoms with Gasteiger partial charge in [0.2, 0.25) is 0 Å². The van der Waals surface area contributed by atoms with Gasteiger partial charge in [-0.15, -0.1) is 0 Å². The van der Waals surface area contributed by atoms with Gasteiger partial charge in [0.25, 0.3) is 0 Å². The van der Waals surface area contributed by atoms with Crippen LogP contribution in [0.1, 0.15) is 58.7 Å². The Balaban J connectivity index is 1.92. The molecule has 0 amide bonds. The molecule has 4 rings (SSSR count). The lowest BCUT2D eigenvalue weighted by Gasteiger charge is -2.49. The van der Waals surface area contributed by atoms with Crippen LogP contribution in [-0.4, -0.2) is 17.6 Å². The normalized spacial score (nSPS) is 24.5. The number of fused-ring (bicyclic) bond motifs is 3. The monoisotopic (exact) mass is 374 g/mol. The fourth-order valence-corrected chi connectivity index (χ4v) is 6.21. The van der Waals surface area contributed by atoms with Crippen LogP contribution in [0.5, 0.6) is 0 Å². The van der Waals surface area contributed by atoms with Gasteiger partial charge in [-0.3, -0.25) is 4.98 Å². The maximum absolute atomic E-state index is 4.91. The van der Waals surface area contributed by atoms with E-state index < -0.39 is 0 Å². The zero-order valence-corrected chi connectivity index (χ0v) is 18.3. The molecule has 2 nitrogen and oxygen atoms in total. The second-order valence-corrected chi connectivity index (χ2v) is 9.04. The number of pyridine rings is 1. The van der Waals surface area contributed by atoms with Crippen LogP contribution in [0.2, 0.25) is 0 Å². The molecular weight excluding hydrogens is 340 g/mol. The number of aromatic nitrogens is 1. The molecular formula is C26H34N2. The van der Waals surface area contributed by atoms with Crippen molar-refractivity contribution in [1.29, 1.82) is 0 Å². The number of nitrogens with zero attached hydrogens (tertiary/aromatic N) is 2. The lowest BCUT2D eigenvalue weighted by molar-refractivity contribution is 0.200. The topological polar surface area (TPSA) is 16.1 Å². The van der Waals surface area contributed by atoms with E-state index in [0.717, 1.165) is 18.5 Å². The quantitative estimate of drug-likeness (QED) is 0.597. The number of hydrogen-bond donors (Lipinski definition) is 0. The van der Waals surface area contributed by atoms with Crippen LogP contribution in [-0.2, 0) is 6.42 Å². The average Bonchev–Trinajstić information content (AvgIpc) is 3.07. The summed E-state index contributed by atoms with van der Waals surface area (Å²) in [6, 6.07) is 9.09. The van der Waals surface area contributed by atoms with Gasteiger partial charge in [0, 0.05) is 23.0 Å². The number of benzene rings is 1. The van der Waals surface area contributed by atoms with Gasteiger partial charge < -0.3 is 4.90 Å². The van der Waals surface area contributed by atoms with E-state index in [1.807, 2.05) is 0 Å². The Labute approximate surface area is 170 Å². The number of aryl methyl sites for hydroxylation is 1. The van der Waals surface area contributed by atoms with E-state index in [4.69, 9.17) is 4.98 Å². The van der Waals surface area contributed by atoms with E-state index in [1.54, 1.807) is 0 Å². The molecule has 1 aromatic carbocycles. The van der Waals surface area contributed by atoms with Gasteiger partial charge in [-0.1, -0.05) is 69.5 Å². The number of anilines is 1. The minimum atomic E-state index is 0.145. The van der Waals surface area contributed by atoms with Crippen molar-refractivity contribution >= 4 is 16.6 Å². The van der Waals surface area contributed by atoms with E-state index in [2.05, 4.69) is 82.9 Å². The first kappa shape index (κ1) is 19.2. The number of hydrogen-bond acceptors (Lipinski definition) is 2. The largest absolute Gasteiger partial charge is 0.363 e. The third-order valence-corrected chi connectivity index (χ3v) is 7.25. The van der Waals surface area contributed by atoms with E-state index >= 15 is 0 Å². The maximum atomic E-state index is 4.91. The summed E-state index contributed by atoms with van der Waals surface area (Å²) in [5.41, 5.74) is 8.27. The van der Waals surface area contributed by atoms with Crippen molar-refractivity contribution < 1.29 is 0 Å². The summed E-state index contributed by atoms with van der Waals surface area (Å²) in [5, 5.41) is 1.31. The first-order valence-corrected chi connectivity index (χ1v) is 10.9. The van der Waals surface area contributed by atoms with E-state index in [0.29, 0.717) is 12.0 Å². The van der Waals surface area contributed by atoms with Crippen LogP contribution in [0.3, 0.4) is 0 Å². The molecule has 0 bridgehead atoms. The van der Waals surface area contributed by atoms with Crippen molar-refractivity contribution in [2.24, 2.45) is 11.3 Å². The predicted molar refractivity (Wildman–Crippen MR) is 121 cm³/mol. The Morgan fingerprint density at radius 3 is 2.57 bits per heavy atom. The molecule has 2 heteroatoms. The molecule has 2 heterocycles. The Bertz CT molecular complexity index is 964. The summed E-state index contributed by atoms with van der Waals surface area (Å²) >= 11 is 0. The van der Waals surface area contributed by atoms with E-state index in [-0.39, 0.29) is 5.41 Å². The Morgan fingerprint density at radius 1 is 1.14 bits per heavy atom. The minimum absolute atomic E-state index is 0.145. The van der Waals surface area contributed by atoms with Crippen LogP contribution < -0.4 is 4.90 Å². The second-order valence-electron chi connectivity index (χ2n) is 9.04. The highest BCUT2D eigenvalue weighted by atomic mass is 15.2. The average molecular weight is 375 g/mol. The standard InChI is InChI=1S/C26H34N2/c1-7-20(8-2)26(6)16-17(3)15-18(4)25(26)28-14-13-21-19(5)27-23-12-10-9-11-22(23)24(21)28/h9-12,15-16,20,25H,7-8,13-14H2,1-6H3. The number of rotatable bonds is 4. The third kappa shape index (κ3) is 2.80. The highest BCUT2D eigenvalue weighted by Gasteiger charge is 2.45. The molecule has 0 fully saturated rings. The van der Waals surface area contributed by atoms with Gasteiger partial charge in [-0.25, -0.2) is 0 Å². The van der Waals surface area contributed by atoms with Crippen molar-refractivity contribution in [2.45, 2.75) is 66.8 Å². The van der Waals surface area contributed by atoms with Gasteiger partial charge in [0.05, 0.1) is 17.2 Å². The zero-order chi connectivity index (χ0) is 20.1. The summed E-state index contributed by atoms with van der Waals surface area (Å²) in [6.07, 6.45) is 8.51. The Hall–Kier alpha value is -2.09. The first-order chi connectivity index (χ1) is 13.4. The molecule has 0 radical (unpaired) electrons. The third-order valence-electron chi connectivity index (χ3n) is 7.25. The van der Waals surface area contributed by atoms with Crippen LogP contribution in [0.4, 0.5) is 5.69 Å². The SMILES string of the molecule is CCC(CC)C1(C)C=C(C)C=C(C)C1N1CCc2c(C)nc3ccccc3c21. The summed E-state index contributed by atoms with van der Waals surface area (Å²) in [7, 11) is 0. The molecule has 0 spiro atoms. The fraction of sp³-hybridized carbons (Fsp3) is 0.500. The number of allylic oxidation sites excluding steroid dienone is 2. The summed E-state index contributed by atoms with van der Waals surface area (Å²) < 4.78 is 0. The molecule has 148 valence electrons. The van der Waals surface area contributed by atoms with Crippen molar-refractivity contribution in [1.82, 2.24) is 4.98 Å².